The summed E-state index contributed by atoms with van der Waals surface area (Å²) in [6.45, 7) is 11.2. The van der Waals surface area contributed by atoms with Crippen LogP contribution in [-0.2, 0) is 4.79 Å². The van der Waals surface area contributed by atoms with Gasteiger partial charge < -0.3 is 4.90 Å². The molecule has 3 heterocycles. The summed E-state index contributed by atoms with van der Waals surface area (Å²) < 4.78 is 0. The second-order valence-electron chi connectivity index (χ2n) is 8.28. The van der Waals surface area contributed by atoms with Gasteiger partial charge in [0.25, 0.3) is 0 Å². The molecule has 138 valence electrons. The predicted octanol–water partition coefficient (Wildman–Crippen LogP) is 3.64. The van der Waals surface area contributed by atoms with Crippen LogP contribution in [0.1, 0.15) is 69.5 Å². The fourth-order valence-corrected chi connectivity index (χ4v) is 3.97. The number of piperidine rings is 2. The van der Waals surface area contributed by atoms with Crippen LogP contribution in [0, 0.1) is 5.92 Å². The highest BCUT2D eigenvalue weighted by molar-refractivity contribution is 5.78. The molecule has 0 aromatic carbocycles. The van der Waals surface area contributed by atoms with Crippen molar-refractivity contribution in [2.75, 3.05) is 32.7 Å². The minimum Gasteiger partial charge on any atom is -0.342 e. The number of carbonyl (C=O) groups excluding carboxylic acids is 1. The molecule has 0 atom stereocenters. The van der Waals surface area contributed by atoms with Crippen molar-refractivity contribution in [3.8, 4) is 0 Å². The van der Waals surface area contributed by atoms with Crippen molar-refractivity contribution >= 4 is 5.91 Å². The molecule has 2 fully saturated rings. The number of likely N-dealkylation sites (tertiary alicyclic amines) is 2. The van der Waals surface area contributed by atoms with E-state index in [1.807, 2.05) is 0 Å². The molecule has 0 unspecified atom stereocenters. The zero-order chi connectivity index (χ0) is 17.8. The Labute approximate surface area is 152 Å². The quantitative estimate of drug-likeness (QED) is 0.837. The standard InChI is InChI=1S/C21H33N3O/c1-16(2)20-5-4-19(14-22-20)18-8-10-23(11-9-18)15-21(25)24-12-6-17(3)7-13-24/h4-5,14,16-18H,6-13,15H2,1-3H3. The number of hydrogen-bond donors (Lipinski definition) is 0. The van der Waals surface area contributed by atoms with E-state index < -0.39 is 0 Å². The molecule has 1 aromatic rings. The first-order valence-electron chi connectivity index (χ1n) is 9.99. The van der Waals surface area contributed by atoms with Crippen molar-refractivity contribution in [3.63, 3.8) is 0 Å². The molecule has 25 heavy (non-hydrogen) atoms. The van der Waals surface area contributed by atoms with Crippen LogP contribution >= 0.6 is 0 Å². The van der Waals surface area contributed by atoms with Crippen LogP contribution in [0.2, 0.25) is 0 Å². The van der Waals surface area contributed by atoms with Crippen LogP contribution in [0.3, 0.4) is 0 Å². The van der Waals surface area contributed by atoms with Crippen LogP contribution in [0.15, 0.2) is 18.3 Å². The highest BCUT2D eigenvalue weighted by atomic mass is 16.2. The van der Waals surface area contributed by atoms with E-state index in [1.54, 1.807) is 0 Å². The molecule has 0 spiro atoms. The first-order chi connectivity index (χ1) is 12.0. The largest absolute Gasteiger partial charge is 0.342 e. The number of nitrogens with zero attached hydrogens (tertiary/aromatic N) is 3. The van der Waals surface area contributed by atoms with E-state index in [0.717, 1.165) is 57.8 Å². The summed E-state index contributed by atoms with van der Waals surface area (Å²) in [7, 11) is 0. The number of amides is 1. The lowest BCUT2D eigenvalue weighted by Crippen LogP contribution is -2.45. The molecule has 0 aliphatic carbocycles. The van der Waals surface area contributed by atoms with E-state index in [-0.39, 0.29) is 0 Å². The molecular formula is C21H33N3O. The third-order valence-electron chi connectivity index (χ3n) is 5.95. The maximum atomic E-state index is 12.5. The van der Waals surface area contributed by atoms with Crippen molar-refractivity contribution in [1.29, 1.82) is 0 Å². The smallest absolute Gasteiger partial charge is 0.236 e. The highest BCUT2D eigenvalue weighted by Crippen LogP contribution is 2.28. The summed E-state index contributed by atoms with van der Waals surface area (Å²) in [4.78, 5) is 21.5. The molecule has 4 nitrogen and oxygen atoms in total. The molecule has 0 bridgehead atoms. The number of carbonyl (C=O) groups is 1. The second kappa shape index (κ2) is 8.31. The topological polar surface area (TPSA) is 36.4 Å². The van der Waals surface area contributed by atoms with Crippen molar-refractivity contribution in [3.05, 3.63) is 29.6 Å². The summed E-state index contributed by atoms with van der Waals surface area (Å²) in [6.07, 6.45) is 6.65. The zero-order valence-electron chi connectivity index (χ0n) is 16.1. The average Bonchev–Trinajstić information content (AvgIpc) is 2.63. The average molecular weight is 344 g/mol. The highest BCUT2D eigenvalue weighted by Gasteiger charge is 2.25. The molecular weight excluding hydrogens is 310 g/mol. The Bertz CT molecular complexity index is 553. The summed E-state index contributed by atoms with van der Waals surface area (Å²) in [5, 5.41) is 0. The molecule has 0 saturated carbocycles. The minimum atomic E-state index is 0.327. The summed E-state index contributed by atoms with van der Waals surface area (Å²) >= 11 is 0. The van der Waals surface area contributed by atoms with Crippen LogP contribution < -0.4 is 0 Å². The molecule has 2 aliphatic heterocycles. The Morgan fingerprint density at radius 3 is 2.36 bits per heavy atom. The van der Waals surface area contributed by atoms with E-state index in [9.17, 15) is 4.79 Å². The molecule has 1 aromatic heterocycles. The second-order valence-corrected chi connectivity index (χ2v) is 8.28. The summed E-state index contributed by atoms with van der Waals surface area (Å²) in [5.74, 6) is 2.18. The Balaban J connectivity index is 1.46. The maximum absolute atomic E-state index is 12.5. The third kappa shape index (κ3) is 4.81. The number of rotatable bonds is 4. The van der Waals surface area contributed by atoms with E-state index >= 15 is 0 Å². The molecule has 2 saturated heterocycles. The number of aromatic nitrogens is 1. The van der Waals surface area contributed by atoms with Gasteiger partial charge in [0.05, 0.1) is 6.54 Å². The monoisotopic (exact) mass is 343 g/mol. The van der Waals surface area contributed by atoms with Gasteiger partial charge in [-0.05, 0) is 68.2 Å². The van der Waals surface area contributed by atoms with Gasteiger partial charge >= 0.3 is 0 Å². The number of pyridine rings is 1. The molecule has 1 amide bonds. The van der Waals surface area contributed by atoms with E-state index in [0.29, 0.717) is 24.3 Å². The van der Waals surface area contributed by atoms with Crippen LogP contribution in [0.4, 0.5) is 0 Å². The summed E-state index contributed by atoms with van der Waals surface area (Å²) in [6, 6.07) is 4.43. The van der Waals surface area contributed by atoms with Crippen LogP contribution in [0.25, 0.3) is 0 Å². The van der Waals surface area contributed by atoms with Gasteiger partial charge in [0.2, 0.25) is 5.91 Å². The molecule has 0 radical (unpaired) electrons. The molecule has 4 heteroatoms. The first kappa shape index (κ1) is 18.4. The van der Waals surface area contributed by atoms with Gasteiger partial charge in [-0.1, -0.05) is 26.8 Å². The molecule has 3 rings (SSSR count). The molecule has 0 N–H and O–H groups in total. The van der Waals surface area contributed by atoms with E-state index in [4.69, 9.17) is 0 Å². The fourth-order valence-electron chi connectivity index (χ4n) is 3.97. The van der Waals surface area contributed by atoms with Gasteiger partial charge in [0.1, 0.15) is 0 Å². The van der Waals surface area contributed by atoms with Gasteiger partial charge in [0, 0.05) is 25.0 Å². The SMILES string of the molecule is CC1CCN(C(=O)CN2CCC(c3ccc(C(C)C)nc3)CC2)CC1. The van der Waals surface area contributed by atoms with Gasteiger partial charge in [-0.25, -0.2) is 0 Å². The number of hydrogen-bond acceptors (Lipinski definition) is 3. The van der Waals surface area contributed by atoms with Gasteiger partial charge in [-0.2, -0.15) is 0 Å². The van der Waals surface area contributed by atoms with Crippen molar-refractivity contribution in [2.45, 2.75) is 58.3 Å². The van der Waals surface area contributed by atoms with Crippen molar-refractivity contribution in [1.82, 2.24) is 14.8 Å². The lowest BCUT2D eigenvalue weighted by molar-refractivity contribution is -0.134. The predicted molar refractivity (Wildman–Crippen MR) is 102 cm³/mol. The lowest BCUT2D eigenvalue weighted by Gasteiger charge is -2.35. The normalized spacial score (nSPS) is 21.0. The van der Waals surface area contributed by atoms with Crippen LogP contribution in [-0.4, -0.2) is 53.4 Å². The van der Waals surface area contributed by atoms with Gasteiger partial charge in [0.15, 0.2) is 0 Å². The van der Waals surface area contributed by atoms with Crippen molar-refractivity contribution < 1.29 is 4.79 Å². The third-order valence-corrected chi connectivity index (χ3v) is 5.95. The first-order valence-corrected chi connectivity index (χ1v) is 9.99. The van der Waals surface area contributed by atoms with Gasteiger partial charge in [-0.15, -0.1) is 0 Å². The van der Waals surface area contributed by atoms with E-state index in [2.05, 4.69) is 53.9 Å². The minimum absolute atomic E-state index is 0.327. The van der Waals surface area contributed by atoms with E-state index in [1.165, 1.54) is 11.3 Å². The van der Waals surface area contributed by atoms with Crippen LogP contribution in [0.5, 0.6) is 0 Å². The molecule has 2 aliphatic rings. The zero-order valence-corrected chi connectivity index (χ0v) is 16.1. The van der Waals surface area contributed by atoms with Gasteiger partial charge in [-0.3, -0.25) is 14.7 Å². The Morgan fingerprint density at radius 2 is 1.80 bits per heavy atom. The lowest BCUT2D eigenvalue weighted by atomic mass is 9.90. The fraction of sp³-hybridized carbons (Fsp3) is 0.714. The maximum Gasteiger partial charge on any atom is 0.236 e. The van der Waals surface area contributed by atoms with Crippen molar-refractivity contribution in [2.24, 2.45) is 5.92 Å². The summed E-state index contributed by atoms with van der Waals surface area (Å²) in [5.41, 5.74) is 2.53. The Kier molecular flexibility index (Phi) is 6.10. The Hall–Kier alpha value is -1.42. The Morgan fingerprint density at radius 1 is 1.12 bits per heavy atom.